The molecule has 0 heterocycles. The fraction of sp³-hybridized carbons (Fsp3) is 0.778. The first kappa shape index (κ1) is 16.8. The van der Waals surface area contributed by atoms with Crippen LogP contribution in [0.2, 0.25) is 0 Å². The third-order valence-electron chi connectivity index (χ3n) is 1.35. The van der Waals surface area contributed by atoms with Gasteiger partial charge in [0.2, 0.25) is 0 Å². The van der Waals surface area contributed by atoms with E-state index in [1.807, 2.05) is 27.0 Å². The predicted molar refractivity (Wildman–Crippen MR) is 76.4 cm³/mol. The molecule has 100 valence electrons. The minimum atomic E-state index is -1.48. The molecular formula is C9H18N2O3S3. The molecule has 0 bridgehead atoms. The molecule has 0 aliphatic rings. The number of nitrogens with zero attached hydrogens (tertiary/aromatic N) is 2. The first-order chi connectivity index (χ1) is 7.67. The van der Waals surface area contributed by atoms with Gasteiger partial charge >= 0.3 is 6.09 Å². The molecule has 0 spiro atoms. The zero-order valence-electron chi connectivity index (χ0n) is 10.8. The van der Waals surface area contributed by atoms with Crippen molar-refractivity contribution in [2.24, 2.45) is 5.16 Å². The zero-order valence-corrected chi connectivity index (χ0v) is 13.3. The van der Waals surface area contributed by atoms with Gasteiger partial charge in [-0.15, -0.1) is 11.8 Å². The Balaban J connectivity index is 4.36. The van der Waals surface area contributed by atoms with Gasteiger partial charge in [-0.2, -0.15) is 0 Å². The Hall–Kier alpha value is -0.210. The largest absolute Gasteiger partial charge is 0.448 e. The van der Waals surface area contributed by atoms with Crippen LogP contribution >= 0.6 is 22.6 Å². The molecule has 0 aromatic carbocycles. The maximum Gasteiger partial charge on any atom is 0.448 e. The zero-order chi connectivity index (χ0) is 13.6. The number of amides is 1. The average Bonchev–Trinajstić information content (AvgIpc) is 2.21. The standard InChI is InChI=1S/C9H18N2O3S3/c1-7(15-6)10-14-8(12)11(5)17(13)16-9(2,3)4/h1-6H3/b10-7-. The second-order valence-corrected chi connectivity index (χ2v) is 8.81. The van der Waals surface area contributed by atoms with Crippen LogP contribution in [0.4, 0.5) is 4.79 Å². The fourth-order valence-electron chi connectivity index (χ4n) is 0.529. The highest BCUT2D eigenvalue weighted by Gasteiger charge is 2.23. The van der Waals surface area contributed by atoms with Crippen LogP contribution in [0.3, 0.4) is 0 Å². The van der Waals surface area contributed by atoms with Gasteiger partial charge in [0.15, 0.2) is 10.0 Å². The highest BCUT2D eigenvalue weighted by atomic mass is 33.1. The van der Waals surface area contributed by atoms with Crippen LogP contribution in [0.25, 0.3) is 0 Å². The SMILES string of the molecule is CS/C(C)=N\OC(=O)N(C)S(=O)SC(C)(C)C. The van der Waals surface area contributed by atoms with Crippen LogP contribution in [0, 0.1) is 0 Å². The van der Waals surface area contributed by atoms with Crippen LogP contribution < -0.4 is 0 Å². The molecule has 0 saturated carbocycles. The molecule has 17 heavy (non-hydrogen) atoms. The monoisotopic (exact) mass is 298 g/mol. The number of hydrogen-bond donors (Lipinski definition) is 0. The van der Waals surface area contributed by atoms with Gasteiger partial charge in [-0.1, -0.05) is 5.16 Å². The lowest BCUT2D eigenvalue weighted by Crippen LogP contribution is -2.28. The summed E-state index contributed by atoms with van der Waals surface area (Å²) in [6.45, 7) is 7.49. The molecule has 0 fully saturated rings. The van der Waals surface area contributed by atoms with Gasteiger partial charge < -0.3 is 0 Å². The van der Waals surface area contributed by atoms with Crippen molar-refractivity contribution >= 4 is 43.7 Å². The Morgan fingerprint density at radius 1 is 1.41 bits per heavy atom. The third kappa shape index (κ3) is 7.67. The Kier molecular flexibility index (Phi) is 7.18. The maximum absolute atomic E-state index is 11.8. The number of carbonyl (C=O) groups is 1. The molecule has 0 aliphatic carbocycles. The molecule has 1 unspecified atom stereocenters. The van der Waals surface area contributed by atoms with E-state index < -0.39 is 16.1 Å². The van der Waals surface area contributed by atoms with E-state index in [0.29, 0.717) is 5.04 Å². The molecule has 8 heteroatoms. The molecular weight excluding hydrogens is 280 g/mol. The van der Waals surface area contributed by atoms with Gasteiger partial charge in [-0.05, 0) is 44.7 Å². The quantitative estimate of drug-likeness (QED) is 0.264. The number of oxime groups is 1. The van der Waals surface area contributed by atoms with Gasteiger partial charge in [0.05, 0.1) is 0 Å². The Morgan fingerprint density at radius 2 is 1.94 bits per heavy atom. The number of rotatable bonds is 3. The van der Waals surface area contributed by atoms with Crippen molar-refractivity contribution in [3.8, 4) is 0 Å². The van der Waals surface area contributed by atoms with E-state index in [4.69, 9.17) is 0 Å². The first-order valence-corrected chi connectivity index (χ1v) is 8.48. The van der Waals surface area contributed by atoms with Crippen LogP contribution in [-0.2, 0) is 14.9 Å². The molecule has 1 amide bonds. The van der Waals surface area contributed by atoms with Crippen LogP contribution in [-0.4, -0.2) is 37.7 Å². The maximum atomic E-state index is 11.8. The summed E-state index contributed by atoms with van der Waals surface area (Å²) in [4.78, 5) is 16.1. The molecule has 0 aromatic rings. The lowest BCUT2D eigenvalue weighted by Gasteiger charge is -2.20. The van der Waals surface area contributed by atoms with Gasteiger partial charge in [0.25, 0.3) is 0 Å². The summed E-state index contributed by atoms with van der Waals surface area (Å²) in [5.74, 6) is 0. The van der Waals surface area contributed by atoms with Crippen molar-refractivity contribution in [1.82, 2.24) is 4.31 Å². The highest BCUT2D eigenvalue weighted by molar-refractivity contribution is 8.68. The topological polar surface area (TPSA) is 59.0 Å². The molecule has 0 aliphatic heterocycles. The molecule has 5 nitrogen and oxygen atoms in total. The second kappa shape index (κ2) is 7.27. The summed E-state index contributed by atoms with van der Waals surface area (Å²) in [5, 5.41) is 4.21. The third-order valence-corrected chi connectivity index (χ3v) is 5.85. The first-order valence-electron chi connectivity index (χ1n) is 4.82. The van der Waals surface area contributed by atoms with Gasteiger partial charge in [-0.25, -0.2) is 13.3 Å². The van der Waals surface area contributed by atoms with Crippen LogP contribution in [0.1, 0.15) is 27.7 Å². The van der Waals surface area contributed by atoms with Crippen molar-refractivity contribution in [3.63, 3.8) is 0 Å². The van der Waals surface area contributed by atoms with E-state index in [0.717, 1.165) is 4.31 Å². The number of hydrogen-bond acceptors (Lipinski definition) is 6. The summed E-state index contributed by atoms with van der Waals surface area (Å²) >= 11 is 1.37. The van der Waals surface area contributed by atoms with Crippen molar-refractivity contribution in [2.75, 3.05) is 13.3 Å². The normalized spacial score (nSPS) is 14.4. The van der Waals surface area contributed by atoms with E-state index in [9.17, 15) is 9.00 Å². The lowest BCUT2D eigenvalue weighted by molar-refractivity contribution is 0.136. The van der Waals surface area contributed by atoms with Crippen LogP contribution in [0.15, 0.2) is 5.16 Å². The van der Waals surface area contributed by atoms with E-state index in [1.54, 1.807) is 6.92 Å². The highest BCUT2D eigenvalue weighted by Crippen LogP contribution is 2.28. The Morgan fingerprint density at radius 3 is 2.35 bits per heavy atom. The van der Waals surface area contributed by atoms with Crippen molar-refractivity contribution < 1.29 is 13.8 Å². The summed E-state index contributed by atoms with van der Waals surface area (Å²) < 4.78 is 12.6. The average molecular weight is 298 g/mol. The van der Waals surface area contributed by atoms with E-state index in [2.05, 4.69) is 9.99 Å². The molecule has 0 rings (SSSR count). The fourth-order valence-corrected chi connectivity index (χ4v) is 3.14. The van der Waals surface area contributed by atoms with E-state index >= 15 is 0 Å². The number of carbonyl (C=O) groups excluding carboxylic acids is 1. The van der Waals surface area contributed by atoms with E-state index in [-0.39, 0.29) is 4.75 Å². The van der Waals surface area contributed by atoms with Gasteiger partial charge in [-0.3, -0.25) is 4.84 Å². The second-order valence-electron chi connectivity index (χ2n) is 4.08. The van der Waals surface area contributed by atoms with Crippen molar-refractivity contribution in [2.45, 2.75) is 32.4 Å². The Bertz CT molecular complexity index is 326. The van der Waals surface area contributed by atoms with Crippen LogP contribution in [0.5, 0.6) is 0 Å². The smallest absolute Gasteiger partial charge is 0.296 e. The molecule has 0 aromatic heterocycles. The molecule has 0 radical (unpaired) electrons. The predicted octanol–water partition coefficient (Wildman–Crippen LogP) is 2.86. The Labute approximate surface area is 113 Å². The lowest BCUT2D eigenvalue weighted by atomic mass is 10.3. The summed E-state index contributed by atoms with van der Waals surface area (Å²) in [7, 11) is 1.11. The van der Waals surface area contributed by atoms with Crippen molar-refractivity contribution in [1.29, 1.82) is 0 Å². The number of thioether (sulfide) groups is 1. The summed E-state index contributed by atoms with van der Waals surface area (Å²) in [5.41, 5.74) is 0. The molecule has 1 atom stereocenters. The van der Waals surface area contributed by atoms with Gasteiger partial charge in [0, 0.05) is 11.8 Å². The summed E-state index contributed by atoms with van der Waals surface area (Å²) in [6, 6.07) is 0. The molecule has 0 N–H and O–H groups in total. The van der Waals surface area contributed by atoms with E-state index in [1.165, 1.54) is 29.6 Å². The minimum absolute atomic E-state index is 0.197. The molecule has 0 saturated heterocycles. The van der Waals surface area contributed by atoms with Crippen molar-refractivity contribution in [3.05, 3.63) is 0 Å². The summed E-state index contributed by atoms with van der Waals surface area (Å²) in [6.07, 6.45) is 1.10. The van der Waals surface area contributed by atoms with Gasteiger partial charge in [0.1, 0.15) is 5.04 Å². The minimum Gasteiger partial charge on any atom is -0.296 e.